The lowest BCUT2D eigenvalue weighted by molar-refractivity contribution is -0.124. The summed E-state index contributed by atoms with van der Waals surface area (Å²) in [7, 11) is 0. The highest BCUT2D eigenvalue weighted by Crippen LogP contribution is 2.26. The predicted molar refractivity (Wildman–Crippen MR) is 117 cm³/mol. The minimum absolute atomic E-state index is 0.0188. The van der Waals surface area contributed by atoms with Crippen molar-refractivity contribution < 1.29 is 23.5 Å². The molecule has 0 aliphatic carbocycles. The van der Waals surface area contributed by atoms with Gasteiger partial charge in [0, 0.05) is 9.77 Å². The zero-order chi connectivity index (χ0) is 22.2. The van der Waals surface area contributed by atoms with Gasteiger partial charge in [-0.1, -0.05) is 30.3 Å². The molecule has 2 amide bonds. The van der Waals surface area contributed by atoms with Crippen molar-refractivity contribution in [1.29, 1.82) is 0 Å². The third-order valence-corrected chi connectivity index (χ3v) is 6.18. The number of halogens is 1. The maximum Gasteiger partial charge on any atom is 0.339 e. The van der Waals surface area contributed by atoms with E-state index < -0.39 is 30.4 Å². The normalized spacial score (nSPS) is 11.5. The first kappa shape index (κ1) is 22.5. The molecule has 0 aliphatic heterocycles. The van der Waals surface area contributed by atoms with E-state index in [0.717, 1.165) is 16.6 Å². The largest absolute Gasteiger partial charge is 0.452 e. The number of nitrogens with two attached hydrogens (primary N) is 1. The van der Waals surface area contributed by atoms with Crippen LogP contribution >= 0.6 is 23.1 Å². The number of rotatable bonds is 9. The van der Waals surface area contributed by atoms with Crippen molar-refractivity contribution in [2.75, 3.05) is 12.4 Å². The number of amides is 2. The molecule has 1 unspecified atom stereocenters. The number of thioether (sulfide) groups is 1. The molecule has 2 aromatic carbocycles. The molecule has 3 rings (SSSR count). The highest BCUT2D eigenvalue weighted by atomic mass is 32.2. The Morgan fingerprint density at radius 3 is 2.48 bits per heavy atom. The fourth-order valence-corrected chi connectivity index (χ4v) is 4.33. The summed E-state index contributed by atoms with van der Waals surface area (Å²) in [5.74, 6) is -2.05. The van der Waals surface area contributed by atoms with Crippen LogP contribution in [0.1, 0.15) is 26.8 Å². The molecule has 6 nitrogen and oxygen atoms in total. The van der Waals surface area contributed by atoms with Gasteiger partial charge in [0.25, 0.3) is 5.91 Å². The summed E-state index contributed by atoms with van der Waals surface area (Å²) in [6, 6.07) is 15.7. The quantitative estimate of drug-likeness (QED) is 0.378. The molecular formula is C22H19FN2O4S2. The number of hydrogen-bond donors (Lipinski definition) is 2. The lowest BCUT2D eigenvalue weighted by Gasteiger charge is -2.18. The standard InChI is InChI=1S/C22H19FN2O4S2/c23-15-9-7-14(8-10-15)21(18-6-3-11-30-18)25-20(27)12-29-22(28)16-4-1-2-5-17(16)31-13-19(24)26/h1-11,21H,12-13H2,(H2,24,26)(H,25,27). The van der Waals surface area contributed by atoms with Crippen LogP contribution in [-0.2, 0) is 14.3 Å². The molecule has 1 heterocycles. The van der Waals surface area contributed by atoms with E-state index in [2.05, 4.69) is 5.32 Å². The maximum atomic E-state index is 13.3. The van der Waals surface area contributed by atoms with Gasteiger partial charge in [0.05, 0.1) is 17.4 Å². The average Bonchev–Trinajstić information content (AvgIpc) is 3.30. The molecule has 0 saturated heterocycles. The topological polar surface area (TPSA) is 98.5 Å². The summed E-state index contributed by atoms with van der Waals surface area (Å²) < 4.78 is 18.5. The Bertz CT molecular complexity index is 1060. The number of ether oxygens (including phenoxy) is 1. The van der Waals surface area contributed by atoms with Crippen molar-refractivity contribution in [3.8, 4) is 0 Å². The second-order valence-corrected chi connectivity index (χ2v) is 8.39. The molecule has 3 aromatic rings. The van der Waals surface area contributed by atoms with E-state index in [0.29, 0.717) is 10.5 Å². The monoisotopic (exact) mass is 458 g/mol. The first-order chi connectivity index (χ1) is 14.9. The van der Waals surface area contributed by atoms with Crippen molar-refractivity contribution in [2.24, 2.45) is 5.73 Å². The van der Waals surface area contributed by atoms with Crippen LogP contribution in [0.15, 0.2) is 70.9 Å². The third kappa shape index (κ3) is 6.40. The molecule has 0 bridgehead atoms. The van der Waals surface area contributed by atoms with Gasteiger partial charge in [0.15, 0.2) is 6.61 Å². The third-order valence-electron chi connectivity index (χ3n) is 4.15. The SMILES string of the molecule is NC(=O)CSc1ccccc1C(=O)OCC(=O)NC(c1ccc(F)cc1)c1cccs1. The fraction of sp³-hybridized carbons (Fsp3) is 0.136. The Kier molecular flexibility index (Phi) is 7.80. The smallest absolute Gasteiger partial charge is 0.339 e. The molecule has 160 valence electrons. The molecular weight excluding hydrogens is 439 g/mol. The summed E-state index contributed by atoms with van der Waals surface area (Å²) in [6.07, 6.45) is 0. The van der Waals surface area contributed by atoms with Crippen LogP contribution < -0.4 is 11.1 Å². The van der Waals surface area contributed by atoms with Crippen molar-refractivity contribution >= 4 is 40.9 Å². The van der Waals surface area contributed by atoms with Crippen molar-refractivity contribution in [3.05, 3.63) is 87.9 Å². The van der Waals surface area contributed by atoms with Crippen molar-refractivity contribution in [2.45, 2.75) is 10.9 Å². The molecule has 3 N–H and O–H groups in total. The van der Waals surface area contributed by atoms with Gasteiger partial charge in [-0.2, -0.15) is 0 Å². The Hall–Kier alpha value is -3.17. The van der Waals surface area contributed by atoms with E-state index in [1.165, 1.54) is 23.5 Å². The lowest BCUT2D eigenvalue weighted by Crippen LogP contribution is -2.32. The molecule has 0 aliphatic rings. The van der Waals surface area contributed by atoms with E-state index in [1.807, 2.05) is 17.5 Å². The maximum absolute atomic E-state index is 13.3. The Morgan fingerprint density at radius 1 is 1.06 bits per heavy atom. The van der Waals surface area contributed by atoms with E-state index in [9.17, 15) is 18.8 Å². The number of nitrogens with one attached hydrogen (secondary N) is 1. The number of esters is 1. The molecule has 0 saturated carbocycles. The number of primary amides is 1. The number of carbonyl (C=O) groups excluding carboxylic acids is 3. The minimum atomic E-state index is -0.683. The average molecular weight is 459 g/mol. The van der Waals surface area contributed by atoms with E-state index >= 15 is 0 Å². The summed E-state index contributed by atoms with van der Waals surface area (Å²) >= 11 is 2.57. The van der Waals surface area contributed by atoms with Gasteiger partial charge in [0.2, 0.25) is 5.91 Å². The minimum Gasteiger partial charge on any atom is -0.452 e. The highest BCUT2D eigenvalue weighted by Gasteiger charge is 2.20. The lowest BCUT2D eigenvalue weighted by atomic mass is 10.1. The molecule has 1 aromatic heterocycles. The number of carbonyl (C=O) groups is 3. The number of thiophene rings is 1. The zero-order valence-electron chi connectivity index (χ0n) is 16.2. The fourth-order valence-electron chi connectivity index (χ4n) is 2.75. The van der Waals surface area contributed by atoms with Crippen LogP contribution in [0.5, 0.6) is 0 Å². The Labute approximate surface area is 186 Å². The van der Waals surface area contributed by atoms with Gasteiger partial charge in [-0.15, -0.1) is 23.1 Å². The van der Waals surface area contributed by atoms with E-state index in [4.69, 9.17) is 10.5 Å². The van der Waals surface area contributed by atoms with Crippen LogP contribution in [-0.4, -0.2) is 30.1 Å². The molecule has 0 radical (unpaired) electrons. The van der Waals surface area contributed by atoms with Gasteiger partial charge in [-0.3, -0.25) is 9.59 Å². The van der Waals surface area contributed by atoms with Gasteiger partial charge in [-0.05, 0) is 41.3 Å². The first-order valence-electron chi connectivity index (χ1n) is 9.19. The van der Waals surface area contributed by atoms with Gasteiger partial charge < -0.3 is 15.8 Å². The molecule has 31 heavy (non-hydrogen) atoms. The van der Waals surface area contributed by atoms with Crippen LogP contribution in [0.4, 0.5) is 4.39 Å². The van der Waals surface area contributed by atoms with Crippen molar-refractivity contribution in [1.82, 2.24) is 5.32 Å². The summed E-state index contributed by atoms with van der Waals surface area (Å²) in [6.45, 7) is -0.489. The highest BCUT2D eigenvalue weighted by molar-refractivity contribution is 8.00. The van der Waals surface area contributed by atoms with Crippen LogP contribution in [0.2, 0.25) is 0 Å². The van der Waals surface area contributed by atoms with Crippen molar-refractivity contribution in [3.63, 3.8) is 0 Å². The first-order valence-corrected chi connectivity index (χ1v) is 11.1. The summed E-state index contributed by atoms with van der Waals surface area (Å²) in [4.78, 5) is 37.4. The van der Waals surface area contributed by atoms with E-state index in [-0.39, 0.29) is 17.1 Å². The predicted octanol–water partition coefficient (Wildman–Crippen LogP) is 3.53. The molecule has 0 fully saturated rings. The van der Waals surface area contributed by atoms with E-state index in [1.54, 1.807) is 36.4 Å². The Balaban J connectivity index is 1.65. The summed E-state index contributed by atoms with van der Waals surface area (Å²) in [5, 5.41) is 4.70. The second kappa shape index (κ2) is 10.7. The summed E-state index contributed by atoms with van der Waals surface area (Å²) in [5.41, 5.74) is 6.11. The van der Waals surface area contributed by atoms with Gasteiger partial charge in [0.1, 0.15) is 5.82 Å². The second-order valence-electron chi connectivity index (χ2n) is 6.39. The molecule has 1 atom stereocenters. The zero-order valence-corrected chi connectivity index (χ0v) is 17.9. The number of hydrogen-bond acceptors (Lipinski definition) is 6. The Morgan fingerprint density at radius 2 is 1.81 bits per heavy atom. The number of benzene rings is 2. The molecule has 0 spiro atoms. The van der Waals surface area contributed by atoms with Crippen LogP contribution in [0, 0.1) is 5.82 Å². The molecule has 9 heteroatoms. The van der Waals surface area contributed by atoms with Gasteiger partial charge in [-0.25, -0.2) is 9.18 Å². The van der Waals surface area contributed by atoms with Crippen LogP contribution in [0.25, 0.3) is 0 Å². The van der Waals surface area contributed by atoms with Gasteiger partial charge >= 0.3 is 5.97 Å². The van der Waals surface area contributed by atoms with Crippen LogP contribution in [0.3, 0.4) is 0 Å².